The summed E-state index contributed by atoms with van der Waals surface area (Å²) in [6.07, 6.45) is 3.57. The summed E-state index contributed by atoms with van der Waals surface area (Å²) >= 11 is 3.24. The number of fused-ring (bicyclic) bond motifs is 1. The third-order valence-electron chi connectivity index (χ3n) is 2.93. The largest absolute Gasteiger partial charge is 0.465 e. The molecule has 1 aliphatic carbocycles. The number of carbonyl (C=O) groups is 1. The summed E-state index contributed by atoms with van der Waals surface area (Å²) in [5.41, 5.74) is 2.71. The number of ether oxygens (including phenoxy) is 1. The second kappa shape index (κ2) is 4.78. The molecule has 6 heteroatoms. The standard InChI is InChI=1S/C12H12N2O2S2/c1-2-16-12(15)7-3-4-8-10(7)14-11(18-8)9-5-13-6-17-9/h5-7H,2-4H2,1H3. The minimum Gasteiger partial charge on any atom is -0.465 e. The summed E-state index contributed by atoms with van der Waals surface area (Å²) < 4.78 is 5.10. The van der Waals surface area contributed by atoms with Crippen LogP contribution in [0, 0.1) is 0 Å². The first-order valence-corrected chi connectivity index (χ1v) is 7.54. The van der Waals surface area contributed by atoms with Gasteiger partial charge in [-0.1, -0.05) is 0 Å². The maximum absolute atomic E-state index is 11.8. The number of thiazole rings is 2. The first kappa shape index (κ1) is 11.8. The molecule has 0 aliphatic heterocycles. The van der Waals surface area contributed by atoms with Gasteiger partial charge in [-0.15, -0.1) is 22.7 Å². The Morgan fingerprint density at radius 2 is 2.50 bits per heavy atom. The van der Waals surface area contributed by atoms with Gasteiger partial charge in [0.1, 0.15) is 10.9 Å². The van der Waals surface area contributed by atoms with Gasteiger partial charge in [-0.2, -0.15) is 0 Å². The number of nitrogens with zero attached hydrogens (tertiary/aromatic N) is 2. The number of hydrogen-bond donors (Lipinski definition) is 0. The number of rotatable bonds is 3. The zero-order valence-corrected chi connectivity index (χ0v) is 11.5. The quantitative estimate of drug-likeness (QED) is 0.811. The Morgan fingerprint density at radius 3 is 3.22 bits per heavy atom. The average Bonchev–Trinajstić information content (AvgIpc) is 3.04. The van der Waals surface area contributed by atoms with Crippen LogP contribution in [0.15, 0.2) is 11.7 Å². The molecule has 1 atom stereocenters. The van der Waals surface area contributed by atoms with Crippen molar-refractivity contribution in [3.05, 3.63) is 22.3 Å². The Kier molecular flexibility index (Phi) is 3.13. The van der Waals surface area contributed by atoms with Gasteiger partial charge < -0.3 is 4.74 Å². The number of aromatic nitrogens is 2. The van der Waals surface area contributed by atoms with E-state index in [0.29, 0.717) is 6.61 Å². The van der Waals surface area contributed by atoms with Crippen molar-refractivity contribution in [1.29, 1.82) is 0 Å². The maximum Gasteiger partial charge on any atom is 0.315 e. The minimum absolute atomic E-state index is 0.141. The molecule has 0 N–H and O–H groups in total. The average molecular weight is 280 g/mol. The van der Waals surface area contributed by atoms with Gasteiger partial charge in [0, 0.05) is 11.1 Å². The number of carbonyl (C=O) groups excluding carboxylic acids is 1. The molecule has 18 heavy (non-hydrogen) atoms. The van der Waals surface area contributed by atoms with E-state index in [1.165, 1.54) is 4.88 Å². The Hall–Kier alpha value is -1.27. The molecule has 1 aliphatic rings. The Labute approximate surface area is 113 Å². The molecular formula is C12H12N2O2S2. The molecule has 3 rings (SSSR count). The van der Waals surface area contributed by atoms with E-state index < -0.39 is 0 Å². The van der Waals surface area contributed by atoms with Crippen molar-refractivity contribution in [3.63, 3.8) is 0 Å². The van der Waals surface area contributed by atoms with Crippen LogP contribution in [0.3, 0.4) is 0 Å². The molecule has 0 saturated heterocycles. The first-order valence-electron chi connectivity index (χ1n) is 5.84. The fourth-order valence-electron chi connectivity index (χ4n) is 2.13. The van der Waals surface area contributed by atoms with Crippen molar-refractivity contribution in [2.24, 2.45) is 0 Å². The molecule has 94 valence electrons. The van der Waals surface area contributed by atoms with Crippen LogP contribution in [-0.2, 0) is 16.0 Å². The van der Waals surface area contributed by atoms with Crippen LogP contribution in [-0.4, -0.2) is 22.5 Å². The minimum atomic E-state index is -0.169. The second-order valence-electron chi connectivity index (χ2n) is 4.04. The van der Waals surface area contributed by atoms with Crippen LogP contribution in [0.25, 0.3) is 9.88 Å². The summed E-state index contributed by atoms with van der Waals surface area (Å²) in [5, 5.41) is 0.969. The third-order valence-corrected chi connectivity index (χ3v) is 5.01. The van der Waals surface area contributed by atoms with Crippen molar-refractivity contribution >= 4 is 28.6 Å². The molecular weight excluding hydrogens is 268 g/mol. The highest BCUT2D eigenvalue weighted by molar-refractivity contribution is 7.20. The van der Waals surface area contributed by atoms with Crippen molar-refractivity contribution in [1.82, 2.24) is 9.97 Å². The van der Waals surface area contributed by atoms with E-state index in [0.717, 1.165) is 28.4 Å². The molecule has 2 aromatic heterocycles. The predicted octanol–water partition coefficient (Wildman–Crippen LogP) is 2.86. The van der Waals surface area contributed by atoms with Crippen molar-refractivity contribution in [2.75, 3.05) is 6.61 Å². The van der Waals surface area contributed by atoms with E-state index in [4.69, 9.17) is 4.74 Å². The molecule has 0 aromatic carbocycles. The second-order valence-corrected chi connectivity index (χ2v) is 6.01. The smallest absolute Gasteiger partial charge is 0.315 e. The van der Waals surface area contributed by atoms with Crippen LogP contribution in [0.4, 0.5) is 0 Å². The maximum atomic E-state index is 11.8. The fraction of sp³-hybridized carbons (Fsp3) is 0.417. The van der Waals surface area contributed by atoms with Gasteiger partial charge in [-0.25, -0.2) is 4.98 Å². The molecule has 4 nitrogen and oxygen atoms in total. The lowest BCUT2D eigenvalue weighted by Crippen LogP contribution is -2.14. The summed E-state index contributed by atoms with van der Waals surface area (Å²) in [5.74, 6) is -0.310. The number of hydrogen-bond acceptors (Lipinski definition) is 6. The predicted molar refractivity (Wildman–Crippen MR) is 70.9 cm³/mol. The fourth-order valence-corrected chi connectivity index (χ4v) is 3.94. The van der Waals surface area contributed by atoms with E-state index in [2.05, 4.69) is 9.97 Å². The molecule has 0 bridgehead atoms. The number of esters is 1. The van der Waals surface area contributed by atoms with E-state index in [1.807, 2.05) is 13.1 Å². The normalized spacial score (nSPS) is 17.7. The molecule has 1 unspecified atom stereocenters. The molecule has 0 amide bonds. The topological polar surface area (TPSA) is 52.1 Å². The molecule has 0 saturated carbocycles. The van der Waals surface area contributed by atoms with Gasteiger partial charge in [0.2, 0.25) is 0 Å². The zero-order valence-electron chi connectivity index (χ0n) is 9.88. The van der Waals surface area contributed by atoms with Gasteiger partial charge in [-0.3, -0.25) is 9.78 Å². The lowest BCUT2D eigenvalue weighted by Gasteiger charge is -2.07. The third kappa shape index (κ3) is 1.95. The van der Waals surface area contributed by atoms with E-state index >= 15 is 0 Å². The Morgan fingerprint density at radius 1 is 1.61 bits per heavy atom. The van der Waals surface area contributed by atoms with Gasteiger partial charge in [-0.05, 0) is 19.8 Å². The molecule has 0 radical (unpaired) electrons. The van der Waals surface area contributed by atoms with Crippen LogP contribution in [0.5, 0.6) is 0 Å². The van der Waals surface area contributed by atoms with Crippen LogP contribution in [0.2, 0.25) is 0 Å². The lowest BCUT2D eigenvalue weighted by atomic mass is 10.1. The van der Waals surface area contributed by atoms with Gasteiger partial charge in [0.05, 0.1) is 22.7 Å². The first-order chi connectivity index (χ1) is 8.79. The van der Waals surface area contributed by atoms with Crippen LogP contribution < -0.4 is 0 Å². The van der Waals surface area contributed by atoms with Gasteiger partial charge in [0.15, 0.2) is 0 Å². The Bertz CT molecular complexity index is 563. The van der Waals surface area contributed by atoms with E-state index in [9.17, 15) is 4.79 Å². The monoisotopic (exact) mass is 280 g/mol. The highest BCUT2D eigenvalue weighted by Gasteiger charge is 2.33. The van der Waals surface area contributed by atoms with E-state index in [1.54, 1.807) is 28.2 Å². The highest BCUT2D eigenvalue weighted by Crippen LogP contribution is 2.40. The SMILES string of the molecule is CCOC(=O)C1CCc2sc(-c3cncs3)nc21. The van der Waals surface area contributed by atoms with Crippen molar-refractivity contribution < 1.29 is 9.53 Å². The van der Waals surface area contributed by atoms with Crippen LogP contribution >= 0.6 is 22.7 Å². The summed E-state index contributed by atoms with van der Waals surface area (Å²) in [7, 11) is 0. The molecule has 2 aromatic rings. The highest BCUT2D eigenvalue weighted by atomic mass is 32.1. The van der Waals surface area contributed by atoms with Crippen molar-refractivity contribution in [2.45, 2.75) is 25.7 Å². The summed E-state index contributed by atoms with van der Waals surface area (Å²) in [6, 6.07) is 0. The molecule has 2 heterocycles. The summed E-state index contributed by atoms with van der Waals surface area (Å²) in [4.78, 5) is 22.8. The zero-order chi connectivity index (χ0) is 12.5. The summed E-state index contributed by atoms with van der Waals surface area (Å²) in [6.45, 7) is 2.26. The number of aryl methyl sites for hydroxylation is 1. The molecule has 0 fully saturated rings. The molecule has 0 spiro atoms. The van der Waals surface area contributed by atoms with Crippen molar-refractivity contribution in [3.8, 4) is 9.88 Å². The van der Waals surface area contributed by atoms with E-state index in [-0.39, 0.29) is 11.9 Å². The van der Waals surface area contributed by atoms with Crippen LogP contribution in [0.1, 0.15) is 29.8 Å². The lowest BCUT2D eigenvalue weighted by molar-refractivity contribution is -0.145. The Balaban J connectivity index is 1.90. The van der Waals surface area contributed by atoms with Gasteiger partial charge in [0.25, 0.3) is 0 Å². The van der Waals surface area contributed by atoms with Gasteiger partial charge >= 0.3 is 5.97 Å².